The number of hydrogen-bond donors (Lipinski definition) is 0. The molecular weight excluding hydrogens is 247 g/mol. The van der Waals surface area contributed by atoms with Crippen molar-refractivity contribution >= 4 is 0 Å². The van der Waals surface area contributed by atoms with Crippen molar-refractivity contribution in [3.05, 3.63) is 29.8 Å². The standard InChI is InChI=1S/C12H16F3NO2/c1-16(7-8-17-2)9-10-3-5-11(6-4-10)18-12(13,14)15/h3-6H,7-9H2,1-2H3. The molecule has 0 heterocycles. The van der Waals surface area contributed by atoms with Crippen molar-refractivity contribution in [1.29, 1.82) is 0 Å². The number of hydrogen-bond acceptors (Lipinski definition) is 3. The molecule has 0 amide bonds. The molecule has 0 aromatic heterocycles. The van der Waals surface area contributed by atoms with Gasteiger partial charge >= 0.3 is 6.36 Å². The number of nitrogens with zero attached hydrogens (tertiary/aromatic N) is 1. The highest BCUT2D eigenvalue weighted by atomic mass is 19.4. The summed E-state index contributed by atoms with van der Waals surface area (Å²) >= 11 is 0. The summed E-state index contributed by atoms with van der Waals surface area (Å²) in [5.41, 5.74) is 0.920. The zero-order chi connectivity index (χ0) is 13.6. The van der Waals surface area contributed by atoms with Crippen LogP contribution in [0.25, 0.3) is 0 Å². The van der Waals surface area contributed by atoms with Gasteiger partial charge in [0.15, 0.2) is 0 Å². The molecule has 18 heavy (non-hydrogen) atoms. The lowest BCUT2D eigenvalue weighted by atomic mass is 10.2. The van der Waals surface area contributed by atoms with Crippen molar-refractivity contribution in [2.24, 2.45) is 0 Å². The average molecular weight is 263 g/mol. The molecule has 102 valence electrons. The Bertz CT molecular complexity index is 351. The van der Waals surface area contributed by atoms with Crippen molar-refractivity contribution in [2.45, 2.75) is 12.9 Å². The van der Waals surface area contributed by atoms with Gasteiger partial charge in [0.2, 0.25) is 0 Å². The van der Waals surface area contributed by atoms with Crippen LogP contribution >= 0.6 is 0 Å². The molecular formula is C12H16F3NO2. The van der Waals surface area contributed by atoms with Gasteiger partial charge in [0.05, 0.1) is 6.61 Å². The first-order valence-corrected chi connectivity index (χ1v) is 5.43. The third kappa shape index (κ3) is 5.88. The Morgan fingerprint density at radius 2 is 1.78 bits per heavy atom. The van der Waals surface area contributed by atoms with E-state index in [1.165, 1.54) is 12.1 Å². The van der Waals surface area contributed by atoms with Crippen LogP contribution in [0.2, 0.25) is 0 Å². The number of halogens is 3. The fourth-order valence-corrected chi connectivity index (χ4v) is 1.43. The molecule has 1 aromatic carbocycles. The molecule has 0 aliphatic carbocycles. The van der Waals surface area contributed by atoms with Gasteiger partial charge in [-0.2, -0.15) is 0 Å². The summed E-state index contributed by atoms with van der Waals surface area (Å²) in [5, 5.41) is 0. The largest absolute Gasteiger partial charge is 0.573 e. The minimum atomic E-state index is -4.64. The van der Waals surface area contributed by atoms with Crippen LogP contribution in [0.3, 0.4) is 0 Å². The zero-order valence-electron chi connectivity index (χ0n) is 10.3. The summed E-state index contributed by atoms with van der Waals surface area (Å²) in [7, 11) is 3.54. The van der Waals surface area contributed by atoms with E-state index in [4.69, 9.17) is 4.74 Å². The maximum Gasteiger partial charge on any atom is 0.573 e. The summed E-state index contributed by atoms with van der Waals surface area (Å²) in [6.07, 6.45) is -4.64. The van der Waals surface area contributed by atoms with Crippen LogP contribution in [-0.2, 0) is 11.3 Å². The predicted octanol–water partition coefficient (Wildman–Crippen LogP) is 2.66. The molecule has 0 unspecified atom stereocenters. The molecule has 0 atom stereocenters. The molecule has 0 spiro atoms. The molecule has 6 heteroatoms. The molecule has 0 aliphatic rings. The van der Waals surface area contributed by atoms with E-state index in [1.54, 1.807) is 19.2 Å². The Balaban J connectivity index is 2.50. The SMILES string of the molecule is COCCN(C)Cc1ccc(OC(F)(F)F)cc1. The summed E-state index contributed by atoms with van der Waals surface area (Å²) in [6.45, 7) is 2.03. The first-order valence-electron chi connectivity index (χ1n) is 5.43. The van der Waals surface area contributed by atoms with Crippen LogP contribution in [0, 0.1) is 0 Å². The van der Waals surface area contributed by atoms with Gasteiger partial charge in [-0.05, 0) is 24.7 Å². The molecule has 0 aliphatic heterocycles. The van der Waals surface area contributed by atoms with E-state index in [0.717, 1.165) is 12.1 Å². The number of benzene rings is 1. The summed E-state index contributed by atoms with van der Waals surface area (Å²) < 4.78 is 44.6. The Morgan fingerprint density at radius 3 is 2.28 bits per heavy atom. The van der Waals surface area contributed by atoms with Crippen molar-refractivity contribution < 1.29 is 22.6 Å². The molecule has 0 saturated heterocycles. The summed E-state index contributed by atoms with van der Waals surface area (Å²) in [4.78, 5) is 2.02. The number of rotatable bonds is 6. The van der Waals surface area contributed by atoms with Crippen LogP contribution in [0.1, 0.15) is 5.56 Å². The minimum absolute atomic E-state index is 0.203. The fraction of sp³-hybridized carbons (Fsp3) is 0.500. The van der Waals surface area contributed by atoms with Crippen LogP contribution < -0.4 is 4.74 Å². The average Bonchev–Trinajstić information content (AvgIpc) is 2.27. The normalized spacial score (nSPS) is 11.9. The molecule has 1 aromatic rings. The highest BCUT2D eigenvalue weighted by molar-refractivity contribution is 5.27. The van der Waals surface area contributed by atoms with Crippen molar-refractivity contribution in [2.75, 3.05) is 27.3 Å². The Hall–Kier alpha value is -1.27. The van der Waals surface area contributed by atoms with Crippen molar-refractivity contribution in [1.82, 2.24) is 4.90 Å². The van der Waals surface area contributed by atoms with Gasteiger partial charge < -0.3 is 9.47 Å². The van der Waals surface area contributed by atoms with Crippen LogP contribution in [0.15, 0.2) is 24.3 Å². The highest BCUT2D eigenvalue weighted by Crippen LogP contribution is 2.22. The lowest BCUT2D eigenvalue weighted by Gasteiger charge is -2.16. The van der Waals surface area contributed by atoms with E-state index in [-0.39, 0.29) is 5.75 Å². The lowest BCUT2D eigenvalue weighted by molar-refractivity contribution is -0.274. The van der Waals surface area contributed by atoms with Gasteiger partial charge in [-0.1, -0.05) is 12.1 Å². The maximum absolute atomic E-state index is 11.9. The van der Waals surface area contributed by atoms with Crippen molar-refractivity contribution in [3.63, 3.8) is 0 Å². The molecule has 0 radical (unpaired) electrons. The molecule has 1 rings (SSSR count). The topological polar surface area (TPSA) is 21.7 Å². The van der Waals surface area contributed by atoms with Gasteiger partial charge in [-0.15, -0.1) is 13.2 Å². The zero-order valence-corrected chi connectivity index (χ0v) is 10.3. The third-order valence-electron chi connectivity index (χ3n) is 2.29. The third-order valence-corrected chi connectivity index (χ3v) is 2.29. The molecule has 0 fully saturated rings. The fourth-order valence-electron chi connectivity index (χ4n) is 1.43. The maximum atomic E-state index is 11.9. The monoisotopic (exact) mass is 263 g/mol. The van der Waals surface area contributed by atoms with Crippen LogP contribution in [-0.4, -0.2) is 38.6 Å². The van der Waals surface area contributed by atoms with Crippen LogP contribution in [0.5, 0.6) is 5.75 Å². The number of likely N-dealkylation sites (N-methyl/N-ethyl adjacent to an activating group) is 1. The lowest BCUT2D eigenvalue weighted by Crippen LogP contribution is -2.22. The van der Waals surface area contributed by atoms with E-state index in [9.17, 15) is 13.2 Å². The second-order valence-corrected chi connectivity index (χ2v) is 3.92. The smallest absolute Gasteiger partial charge is 0.406 e. The summed E-state index contributed by atoms with van der Waals surface area (Å²) in [6, 6.07) is 5.86. The van der Waals surface area contributed by atoms with E-state index < -0.39 is 6.36 Å². The quantitative estimate of drug-likeness (QED) is 0.787. The first kappa shape index (κ1) is 14.8. The van der Waals surface area contributed by atoms with Gasteiger partial charge in [0, 0.05) is 20.2 Å². The Morgan fingerprint density at radius 1 is 1.17 bits per heavy atom. The van der Waals surface area contributed by atoms with Gasteiger partial charge in [0.1, 0.15) is 5.75 Å². The number of ether oxygens (including phenoxy) is 2. The first-order chi connectivity index (χ1) is 8.40. The van der Waals surface area contributed by atoms with Crippen molar-refractivity contribution in [3.8, 4) is 5.75 Å². The number of alkyl halides is 3. The highest BCUT2D eigenvalue weighted by Gasteiger charge is 2.30. The Kier molecular flexibility index (Phi) is 5.43. The summed E-state index contributed by atoms with van der Waals surface area (Å²) in [5.74, 6) is -0.203. The van der Waals surface area contributed by atoms with Crippen LogP contribution in [0.4, 0.5) is 13.2 Å². The minimum Gasteiger partial charge on any atom is -0.406 e. The second-order valence-electron chi connectivity index (χ2n) is 3.92. The van der Waals surface area contributed by atoms with Gasteiger partial charge in [-0.3, -0.25) is 4.90 Å². The Labute approximate surface area is 104 Å². The second kappa shape index (κ2) is 6.61. The van der Waals surface area contributed by atoms with E-state index >= 15 is 0 Å². The predicted molar refractivity (Wildman–Crippen MR) is 61.3 cm³/mol. The van der Waals surface area contributed by atoms with E-state index in [2.05, 4.69) is 4.74 Å². The van der Waals surface area contributed by atoms with E-state index in [1.807, 2.05) is 11.9 Å². The molecule has 3 nitrogen and oxygen atoms in total. The molecule has 0 bridgehead atoms. The molecule has 0 N–H and O–H groups in total. The van der Waals surface area contributed by atoms with Gasteiger partial charge in [-0.25, -0.2) is 0 Å². The van der Waals surface area contributed by atoms with Gasteiger partial charge in [0.25, 0.3) is 0 Å². The number of methoxy groups -OCH3 is 1. The van der Waals surface area contributed by atoms with E-state index in [0.29, 0.717) is 13.2 Å². The molecule has 0 saturated carbocycles.